The van der Waals surface area contributed by atoms with Crippen LogP contribution in [0.1, 0.15) is 50.7 Å². The summed E-state index contributed by atoms with van der Waals surface area (Å²) < 4.78 is 11.2. The monoisotopic (exact) mass is 363 g/mol. The second-order valence-electron chi connectivity index (χ2n) is 7.37. The Labute approximate surface area is 154 Å². The van der Waals surface area contributed by atoms with Crippen LogP contribution in [0.5, 0.6) is 5.75 Å². The van der Waals surface area contributed by atoms with Gasteiger partial charge in [-0.1, -0.05) is 26.0 Å². The minimum atomic E-state index is -0.958. The molecule has 0 bridgehead atoms. The topological polar surface area (TPSA) is 84.9 Å². The molecule has 0 aromatic heterocycles. The third-order valence-corrected chi connectivity index (χ3v) is 4.97. The lowest BCUT2D eigenvalue weighted by atomic mass is 9.80. The zero-order chi connectivity index (χ0) is 19.3. The Hall–Kier alpha value is -2.08. The number of nitrogens with one attached hydrogen (secondary N) is 1. The molecule has 1 aromatic rings. The molecule has 1 amide bonds. The molecular formula is C20H29NO5. The highest BCUT2D eigenvalue weighted by molar-refractivity contribution is 5.82. The third-order valence-electron chi connectivity index (χ3n) is 4.97. The summed E-state index contributed by atoms with van der Waals surface area (Å²) in [4.78, 5) is 24.1. The molecular weight excluding hydrogens is 334 g/mol. The van der Waals surface area contributed by atoms with E-state index in [0.29, 0.717) is 31.8 Å². The zero-order valence-electron chi connectivity index (χ0n) is 16.0. The van der Waals surface area contributed by atoms with Crippen LogP contribution >= 0.6 is 0 Å². The highest BCUT2D eigenvalue weighted by Crippen LogP contribution is 2.31. The highest BCUT2D eigenvalue weighted by Gasteiger charge is 2.40. The molecule has 1 aliphatic rings. The van der Waals surface area contributed by atoms with Crippen LogP contribution in [-0.2, 0) is 14.3 Å². The molecule has 2 rings (SSSR count). The second-order valence-corrected chi connectivity index (χ2v) is 7.37. The van der Waals surface area contributed by atoms with Crippen molar-refractivity contribution < 1.29 is 24.2 Å². The molecule has 6 heteroatoms. The van der Waals surface area contributed by atoms with Crippen molar-refractivity contribution in [1.29, 1.82) is 0 Å². The fraction of sp³-hybridized carbons (Fsp3) is 0.600. The van der Waals surface area contributed by atoms with Crippen molar-refractivity contribution in [2.24, 2.45) is 5.41 Å². The fourth-order valence-electron chi connectivity index (χ4n) is 3.09. The van der Waals surface area contributed by atoms with E-state index in [1.807, 2.05) is 25.1 Å². The van der Waals surface area contributed by atoms with Crippen molar-refractivity contribution >= 4 is 11.9 Å². The quantitative estimate of drug-likeness (QED) is 0.778. The molecule has 1 aromatic carbocycles. The number of hydrogen-bond donors (Lipinski definition) is 2. The average molecular weight is 363 g/mol. The van der Waals surface area contributed by atoms with E-state index < -0.39 is 17.5 Å². The Kier molecular flexibility index (Phi) is 6.64. The third kappa shape index (κ3) is 4.75. The van der Waals surface area contributed by atoms with Gasteiger partial charge in [-0.15, -0.1) is 0 Å². The van der Waals surface area contributed by atoms with E-state index in [1.165, 1.54) is 0 Å². The Balaban J connectivity index is 2.02. The molecule has 2 N–H and O–H groups in total. The summed E-state index contributed by atoms with van der Waals surface area (Å²) >= 11 is 0. The maximum Gasteiger partial charge on any atom is 0.311 e. The van der Waals surface area contributed by atoms with Crippen LogP contribution in [0.4, 0.5) is 0 Å². The van der Waals surface area contributed by atoms with Gasteiger partial charge in [0.25, 0.3) is 5.91 Å². The van der Waals surface area contributed by atoms with Crippen LogP contribution in [-0.4, -0.2) is 42.8 Å². The predicted octanol–water partition coefficient (Wildman–Crippen LogP) is 2.88. The first-order chi connectivity index (χ1) is 12.2. The molecule has 6 nitrogen and oxygen atoms in total. The van der Waals surface area contributed by atoms with Gasteiger partial charge in [0.1, 0.15) is 5.75 Å². The molecule has 26 heavy (non-hydrogen) atoms. The van der Waals surface area contributed by atoms with Crippen LogP contribution in [0.15, 0.2) is 18.2 Å². The number of amides is 1. The lowest BCUT2D eigenvalue weighted by Gasteiger charge is -2.33. The number of rotatable bonds is 7. The largest absolute Gasteiger partial charge is 0.481 e. The zero-order valence-corrected chi connectivity index (χ0v) is 16.0. The lowest BCUT2D eigenvalue weighted by Crippen LogP contribution is -2.49. The Morgan fingerprint density at radius 2 is 1.92 bits per heavy atom. The van der Waals surface area contributed by atoms with Crippen molar-refractivity contribution in [2.75, 3.05) is 19.8 Å². The Bertz CT molecular complexity index is 650. The van der Waals surface area contributed by atoms with Crippen molar-refractivity contribution in [3.63, 3.8) is 0 Å². The molecule has 0 aliphatic carbocycles. The van der Waals surface area contributed by atoms with Crippen molar-refractivity contribution in [2.45, 2.75) is 52.6 Å². The summed E-state index contributed by atoms with van der Waals surface area (Å²) in [6.07, 6.45) is 0.0838. The molecule has 0 saturated carbocycles. The molecule has 1 saturated heterocycles. The Morgan fingerprint density at radius 1 is 1.27 bits per heavy atom. The lowest BCUT2D eigenvalue weighted by molar-refractivity contribution is -0.155. The summed E-state index contributed by atoms with van der Waals surface area (Å²) in [6, 6.07) is 5.96. The molecule has 0 spiro atoms. The van der Waals surface area contributed by atoms with E-state index in [4.69, 9.17) is 9.47 Å². The van der Waals surface area contributed by atoms with E-state index in [0.717, 1.165) is 11.1 Å². The van der Waals surface area contributed by atoms with Crippen LogP contribution in [0.3, 0.4) is 0 Å². The number of ether oxygens (including phenoxy) is 2. The maximum absolute atomic E-state index is 12.5. The van der Waals surface area contributed by atoms with Gasteiger partial charge in [-0.05, 0) is 49.8 Å². The highest BCUT2D eigenvalue weighted by atomic mass is 16.5. The minimum Gasteiger partial charge on any atom is -0.481 e. The molecule has 1 atom stereocenters. The summed E-state index contributed by atoms with van der Waals surface area (Å²) in [6.45, 7) is 8.68. The first-order valence-electron chi connectivity index (χ1n) is 9.11. The van der Waals surface area contributed by atoms with Crippen LogP contribution in [0.25, 0.3) is 0 Å². The van der Waals surface area contributed by atoms with Crippen LogP contribution in [0.2, 0.25) is 0 Å². The van der Waals surface area contributed by atoms with Gasteiger partial charge in [-0.3, -0.25) is 9.59 Å². The summed E-state index contributed by atoms with van der Waals surface area (Å²) in [7, 11) is 0. The molecule has 1 heterocycles. The van der Waals surface area contributed by atoms with Crippen molar-refractivity contribution in [3.8, 4) is 5.75 Å². The molecule has 144 valence electrons. The van der Waals surface area contributed by atoms with E-state index in [-0.39, 0.29) is 18.4 Å². The predicted molar refractivity (Wildman–Crippen MR) is 98.5 cm³/mol. The van der Waals surface area contributed by atoms with Gasteiger partial charge in [0.15, 0.2) is 6.10 Å². The second kappa shape index (κ2) is 8.54. The molecule has 1 aliphatic heterocycles. The van der Waals surface area contributed by atoms with Crippen molar-refractivity contribution in [1.82, 2.24) is 5.32 Å². The first kappa shape index (κ1) is 20.2. The normalized spacial score (nSPS) is 17.6. The van der Waals surface area contributed by atoms with Gasteiger partial charge in [0.2, 0.25) is 0 Å². The number of aliphatic carboxylic acids is 1. The Morgan fingerprint density at radius 3 is 2.50 bits per heavy atom. The summed E-state index contributed by atoms with van der Waals surface area (Å²) in [5.74, 6) is -0.233. The van der Waals surface area contributed by atoms with Crippen LogP contribution < -0.4 is 10.1 Å². The molecule has 0 radical (unpaired) electrons. The number of carboxylic acid groups (broad SMARTS) is 1. The van der Waals surface area contributed by atoms with E-state index in [2.05, 4.69) is 19.2 Å². The first-order valence-corrected chi connectivity index (χ1v) is 9.11. The van der Waals surface area contributed by atoms with E-state index in [1.54, 1.807) is 6.92 Å². The number of hydrogen-bond acceptors (Lipinski definition) is 4. The van der Waals surface area contributed by atoms with Gasteiger partial charge in [-0.25, -0.2) is 0 Å². The SMILES string of the molecule is Cc1ccc(C(C)C)c(OC(C)C(=O)NCC2(C(=O)O)CCOCC2)c1. The summed E-state index contributed by atoms with van der Waals surface area (Å²) in [5.41, 5.74) is 1.14. The van der Waals surface area contributed by atoms with Gasteiger partial charge < -0.3 is 19.9 Å². The van der Waals surface area contributed by atoms with E-state index in [9.17, 15) is 14.7 Å². The number of carbonyl (C=O) groups excluding carboxylic acids is 1. The molecule has 1 fully saturated rings. The summed E-state index contributed by atoms with van der Waals surface area (Å²) in [5, 5.41) is 12.3. The fourth-order valence-corrected chi connectivity index (χ4v) is 3.09. The van der Waals surface area contributed by atoms with E-state index >= 15 is 0 Å². The molecule has 1 unspecified atom stereocenters. The minimum absolute atomic E-state index is 0.0864. The smallest absolute Gasteiger partial charge is 0.311 e. The van der Waals surface area contributed by atoms with Gasteiger partial charge >= 0.3 is 5.97 Å². The van der Waals surface area contributed by atoms with Crippen LogP contribution in [0, 0.1) is 12.3 Å². The maximum atomic E-state index is 12.5. The van der Waals surface area contributed by atoms with Gasteiger partial charge in [0.05, 0.1) is 5.41 Å². The number of carbonyl (C=O) groups is 2. The number of aryl methyl sites for hydroxylation is 1. The average Bonchev–Trinajstić information content (AvgIpc) is 2.60. The van der Waals surface area contributed by atoms with Gasteiger partial charge in [-0.2, -0.15) is 0 Å². The van der Waals surface area contributed by atoms with Gasteiger partial charge in [0, 0.05) is 19.8 Å². The number of benzene rings is 1. The van der Waals surface area contributed by atoms with Crippen molar-refractivity contribution in [3.05, 3.63) is 29.3 Å². The number of carboxylic acids is 1. The standard InChI is InChI=1S/C20H29NO5/c1-13(2)16-6-5-14(3)11-17(16)26-15(4)18(22)21-12-20(19(23)24)7-9-25-10-8-20/h5-6,11,13,15H,7-10,12H2,1-4H3,(H,21,22)(H,23,24).